The number of rotatable bonds is 8. The van der Waals surface area contributed by atoms with Crippen molar-refractivity contribution >= 4 is 28.9 Å². The molecule has 0 fully saturated rings. The van der Waals surface area contributed by atoms with Gasteiger partial charge in [0.25, 0.3) is 0 Å². The highest BCUT2D eigenvalue weighted by molar-refractivity contribution is 7.16. The van der Waals surface area contributed by atoms with E-state index >= 15 is 0 Å². The lowest BCUT2D eigenvalue weighted by Gasteiger charge is -2.15. The maximum atomic E-state index is 9.98. The van der Waals surface area contributed by atoms with Gasteiger partial charge in [-0.2, -0.15) is 0 Å². The van der Waals surface area contributed by atoms with Gasteiger partial charge >= 0.3 is 0 Å². The van der Waals surface area contributed by atoms with Gasteiger partial charge in [0.1, 0.15) is 6.10 Å². The van der Waals surface area contributed by atoms with E-state index in [9.17, 15) is 5.11 Å². The Labute approximate surface area is 136 Å². The first kappa shape index (κ1) is 18.3. The van der Waals surface area contributed by atoms with E-state index in [4.69, 9.17) is 17.3 Å². The fourth-order valence-electron chi connectivity index (χ4n) is 1.98. The summed E-state index contributed by atoms with van der Waals surface area (Å²) in [5.41, 5.74) is 5.84. The third-order valence-electron chi connectivity index (χ3n) is 3.17. The first-order valence-corrected chi connectivity index (χ1v) is 8.57. The number of nitrogens with zero attached hydrogens (tertiary/aromatic N) is 1. The van der Waals surface area contributed by atoms with Gasteiger partial charge in [0.15, 0.2) is 5.96 Å². The summed E-state index contributed by atoms with van der Waals surface area (Å²) in [6, 6.07) is 3.87. The maximum absolute atomic E-state index is 9.98. The molecule has 1 heterocycles. The highest BCUT2D eigenvalue weighted by Gasteiger charge is 2.10. The van der Waals surface area contributed by atoms with Crippen LogP contribution < -0.4 is 11.1 Å². The van der Waals surface area contributed by atoms with Gasteiger partial charge in [-0.25, -0.2) is 0 Å². The first-order valence-electron chi connectivity index (χ1n) is 7.38. The van der Waals surface area contributed by atoms with Crippen LogP contribution in [0.3, 0.4) is 0 Å². The second kappa shape index (κ2) is 9.28. The van der Waals surface area contributed by atoms with Gasteiger partial charge in [0.2, 0.25) is 0 Å². The number of guanidine groups is 1. The zero-order valence-corrected chi connectivity index (χ0v) is 14.5. The summed E-state index contributed by atoms with van der Waals surface area (Å²) in [7, 11) is 0. The minimum Gasteiger partial charge on any atom is -0.386 e. The van der Waals surface area contributed by atoms with E-state index in [0.717, 1.165) is 17.2 Å². The molecule has 1 rings (SSSR count). The van der Waals surface area contributed by atoms with Gasteiger partial charge < -0.3 is 16.2 Å². The Kier molecular flexibility index (Phi) is 8.07. The van der Waals surface area contributed by atoms with Crippen molar-refractivity contribution in [2.75, 3.05) is 6.54 Å². The number of hydrogen-bond acceptors (Lipinski definition) is 3. The number of thiophene rings is 1. The van der Waals surface area contributed by atoms with E-state index in [1.54, 1.807) is 6.07 Å². The summed E-state index contributed by atoms with van der Waals surface area (Å²) in [6.07, 6.45) is 2.81. The fourth-order valence-corrected chi connectivity index (χ4v) is 3.02. The van der Waals surface area contributed by atoms with Crippen LogP contribution in [-0.4, -0.2) is 23.7 Å². The van der Waals surface area contributed by atoms with E-state index < -0.39 is 6.10 Å². The molecule has 0 bridgehead atoms. The van der Waals surface area contributed by atoms with E-state index in [1.807, 2.05) is 6.07 Å². The van der Waals surface area contributed by atoms with Crippen LogP contribution in [0, 0.1) is 5.92 Å². The number of aliphatic imine (C=N–C) groups is 1. The second-order valence-corrected chi connectivity index (χ2v) is 7.50. The monoisotopic (exact) mass is 331 g/mol. The Hall–Kier alpha value is -0.780. The normalized spacial score (nSPS) is 15.2. The molecule has 0 saturated heterocycles. The van der Waals surface area contributed by atoms with Crippen molar-refractivity contribution in [2.24, 2.45) is 16.6 Å². The van der Waals surface area contributed by atoms with Crippen LogP contribution in [0.2, 0.25) is 4.34 Å². The third kappa shape index (κ3) is 7.69. The number of halogens is 1. The summed E-state index contributed by atoms with van der Waals surface area (Å²) in [5.74, 6) is 1.12. The molecular formula is C15H26ClN3OS. The van der Waals surface area contributed by atoms with Gasteiger partial charge in [0.05, 0.1) is 10.9 Å². The highest BCUT2D eigenvalue weighted by Crippen LogP contribution is 2.26. The summed E-state index contributed by atoms with van der Waals surface area (Å²) in [5, 5.41) is 13.1. The zero-order chi connectivity index (χ0) is 15.8. The fraction of sp³-hybridized carbons (Fsp3) is 0.667. The number of nitrogens with two attached hydrogens (primary N) is 1. The van der Waals surface area contributed by atoms with Crippen LogP contribution >= 0.6 is 22.9 Å². The molecule has 4 N–H and O–H groups in total. The highest BCUT2D eigenvalue weighted by atomic mass is 35.5. The molecule has 4 nitrogen and oxygen atoms in total. The van der Waals surface area contributed by atoms with Gasteiger partial charge in [-0.3, -0.25) is 4.99 Å². The average Bonchev–Trinajstić information content (AvgIpc) is 2.82. The van der Waals surface area contributed by atoms with Crippen molar-refractivity contribution in [1.82, 2.24) is 5.32 Å². The summed E-state index contributed by atoms with van der Waals surface area (Å²) < 4.78 is 0.665. The molecule has 2 unspecified atom stereocenters. The molecule has 6 heteroatoms. The molecule has 1 aromatic rings. The molecule has 0 aliphatic heterocycles. The average molecular weight is 332 g/mol. The minimum atomic E-state index is -0.654. The zero-order valence-electron chi connectivity index (χ0n) is 13.0. The molecule has 0 aromatic carbocycles. The van der Waals surface area contributed by atoms with Crippen LogP contribution in [0.5, 0.6) is 0 Å². The van der Waals surface area contributed by atoms with Gasteiger partial charge in [0, 0.05) is 10.9 Å². The quantitative estimate of drug-likeness (QED) is 0.504. The number of aliphatic hydroxyl groups excluding tert-OH is 1. The van der Waals surface area contributed by atoms with Crippen molar-refractivity contribution in [2.45, 2.75) is 52.2 Å². The molecule has 0 aliphatic rings. The number of aliphatic hydroxyl groups is 1. The Morgan fingerprint density at radius 3 is 2.67 bits per heavy atom. The van der Waals surface area contributed by atoms with E-state index in [1.165, 1.54) is 24.2 Å². The topological polar surface area (TPSA) is 70.6 Å². The predicted octanol–water partition coefficient (Wildman–Crippen LogP) is 3.55. The Bertz CT molecular complexity index is 448. The predicted molar refractivity (Wildman–Crippen MR) is 92.1 cm³/mol. The standard InChI is InChI=1S/C15H26ClN3OS/c1-10(2)5-4-6-11(3)19-15(17)18-9-12(20)13-7-8-14(16)21-13/h7-8,10-12,20H,4-6,9H2,1-3H3,(H3,17,18,19). The van der Waals surface area contributed by atoms with Gasteiger partial charge in [-0.05, 0) is 31.4 Å². The van der Waals surface area contributed by atoms with Crippen molar-refractivity contribution in [3.63, 3.8) is 0 Å². The first-order chi connectivity index (χ1) is 9.88. The molecule has 0 spiro atoms. The smallest absolute Gasteiger partial charge is 0.188 e. The SMILES string of the molecule is CC(C)CCCC(C)NC(N)=NCC(O)c1ccc(Cl)s1. The number of nitrogens with one attached hydrogen (secondary N) is 1. The molecule has 0 saturated carbocycles. The summed E-state index contributed by atoms with van der Waals surface area (Å²) >= 11 is 7.20. The molecule has 0 aliphatic carbocycles. The lowest BCUT2D eigenvalue weighted by molar-refractivity contribution is 0.191. The molecule has 2 atom stereocenters. The Morgan fingerprint density at radius 1 is 1.38 bits per heavy atom. The van der Waals surface area contributed by atoms with Crippen LogP contribution in [0.25, 0.3) is 0 Å². The Balaban J connectivity index is 2.32. The lowest BCUT2D eigenvalue weighted by Crippen LogP contribution is -2.38. The van der Waals surface area contributed by atoms with E-state index in [-0.39, 0.29) is 6.54 Å². The molecule has 0 amide bonds. The molecule has 1 aromatic heterocycles. The maximum Gasteiger partial charge on any atom is 0.188 e. The molecular weight excluding hydrogens is 306 g/mol. The van der Waals surface area contributed by atoms with Crippen LogP contribution in [0.1, 0.15) is 51.0 Å². The van der Waals surface area contributed by atoms with Crippen molar-refractivity contribution in [3.8, 4) is 0 Å². The van der Waals surface area contributed by atoms with Crippen LogP contribution in [0.15, 0.2) is 17.1 Å². The van der Waals surface area contributed by atoms with Crippen molar-refractivity contribution < 1.29 is 5.11 Å². The lowest BCUT2D eigenvalue weighted by atomic mass is 10.0. The summed E-state index contributed by atoms with van der Waals surface area (Å²) in [6.45, 7) is 6.80. The largest absolute Gasteiger partial charge is 0.386 e. The molecule has 0 radical (unpaired) electrons. The van der Waals surface area contributed by atoms with Crippen molar-refractivity contribution in [1.29, 1.82) is 0 Å². The second-order valence-electron chi connectivity index (χ2n) is 5.75. The van der Waals surface area contributed by atoms with Crippen LogP contribution in [-0.2, 0) is 0 Å². The van der Waals surface area contributed by atoms with Gasteiger partial charge in [-0.1, -0.05) is 38.3 Å². The van der Waals surface area contributed by atoms with Crippen LogP contribution in [0.4, 0.5) is 0 Å². The Morgan fingerprint density at radius 2 is 2.10 bits per heavy atom. The third-order valence-corrected chi connectivity index (χ3v) is 4.50. The van der Waals surface area contributed by atoms with E-state index in [0.29, 0.717) is 16.3 Å². The number of hydrogen-bond donors (Lipinski definition) is 3. The van der Waals surface area contributed by atoms with Gasteiger partial charge in [-0.15, -0.1) is 11.3 Å². The molecule has 120 valence electrons. The van der Waals surface area contributed by atoms with Crippen molar-refractivity contribution in [3.05, 3.63) is 21.3 Å². The summed E-state index contributed by atoms with van der Waals surface area (Å²) in [4.78, 5) is 5.00. The molecule has 21 heavy (non-hydrogen) atoms. The van der Waals surface area contributed by atoms with E-state index in [2.05, 4.69) is 31.1 Å². The minimum absolute atomic E-state index is 0.244.